The van der Waals surface area contributed by atoms with Crippen LogP contribution in [0.25, 0.3) is 0 Å². The normalized spacial score (nSPS) is 26.2. The molecule has 2 fully saturated rings. The first kappa shape index (κ1) is 18.9. The van der Waals surface area contributed by atoms with Gasteiger partial charge >= 0.3 is 0 Å². The van der Waals surface area contributed by atoms with Crippen LogP contribution in [0.5, 0.6) is 0 Å². The molecular weight excluding hydrogens is 423 g/mol. The average Bonchev–Trinajstić information content (AvgIpc) is 3.21. The number of halogens is 1. The summed E-state index contributed by atoms with van der Waals surface area (Å²) < 4.78 is 5.88. The van der Waals surface area contributed by atoms with Crippen LogP contribution in [0.2, 0.25) is 0 Å². The SMILES string of the molecule is CCc1nc(CCNC(=NC)NC2CC3CCC2O3)sc1C.I. The van der Waals surface area contributed by atoms with E-state index in [0.29, 0.717) is 18.2 Å². The van der Waals surface area contributed by atoms with Gasteiger partial charge in [0.15, 0.2) is 5.96 Å². The number of ether oxygens (including phenoxy) is 1. The van der Waals surface area contributed by atoms with Crippen LogP contribution in [0.3, 0.4) is 0 Å². The highest BCUT2D eigenvalue weighted by Gasteiger charge is 2.41. The molecule has 3 atom stereocenters. The summed E-state index contributed by atoms with van der Waals surface area (Å²) in [6, 6.07) is 0.416. The number of aromatic nitrogens is 1. The molecule has 3 unspecified atom stereocenters. The van der Waals surface area contributed by atoms with Crippen LogP contribution in [-0.4, -0.2) is 42.8 Å². The standard InChI is InChI=1S/C16H26N4OS.HI/c1-4-12-10(2)22-15(19-12)7-8-18-16(17-3)20-13-9-11-5-6-14(13)21-11;/h11,13-14H,4-9H2,1-3H3,(H2,17,18,20);1H. The van der Waals surface area contributed by atoms with Crippen LogP contribution in [0, 0.1) is 6.92 Å². The van der Waals surface area contributed by atoms with Crippen molar-refractivity contribution in [2.75, 3.05) is 13.6 Å². The zero-order chi connectivity index (χ0) is 15.5. The predicted molar refractivity (Wildman–Crippen MR) is 106 cm³/mol. The summed E-state index contributed by atoms with van der Waals surface area (Å²) in [7, 11) is 1.83. The molecule has 3 heterocycles. The molecule has 3 rings (SSSR count). The number of aryl methyl sites for hydroxylation is 2. The van der Waals surface area contributed by atoms with E-state index in [9.17, 15) is 0 Å². The lowest BCUT2D eigenvalue weighted by atomic mass is 9.96. The number of hydrogen-bond donors (Lipinski definition) is 2. The van der Waals surface area contributed by atoms with Crippen LogP contribution >= 0.6 is 35.3 Å². The van der Waals surface area contributed by atoms with Crippen molar-refractivity contribution in [1.82, 2.24) is 15.6 Å². The smallest absolute Gasteiger partial charge is 0.191 e. The maximum absolute atomic E-state index is 5.88. The zero-order valence-electron chi connectivity index (χ0n) is 14.1. The van der Waals surface area contributed by atoms with Gasteiger partial charge in [-0.3, -0.25) is 4.99 Å². The predicted octanol–water partition coefficient (Wildman–Crippen LogP) is 2.66. The molecule has 0 saturated carbocycles. The highest BCUT2D eigenvalue weighted by Crippen LogP contribution is 2.34. The van der Waals surface area contributed by atoms with Crippen molar-refractivity contribution in [2.45, 2.75) is 64.2 Å². The van der Waals surface area contributed by atoms with Crippen molar-refractivity contribution in [3.63, 3.8) is 0 Å². The first-order valence-electron chi connectivity index (χ1n) is 8.27. The van der Waals surface area contributed by atoms with E-state index in [1.807, 2.05) is 18.4 Å². The molecule has 2 N–H and O–H groups in total. The van der Waals surface area contributed by atoms with Crippen LogP contribution < -0.4 is 10.6 Å². The van der Waals surface area contributed by atoms with Crippen LogP contribution in [0.15, 0.2) is 4.99 Å². The Kier molecular flexibility index (Phi) is 7.09. The maximum atomic E-state index is 5.88. The van der Waals surface area contributed by atoms with E-state index in [1.54, 1.807) is 0 Å². The minimum Gasteiger partial charge on any atom is -0.373 e. The fourth-order valence-corrected chi connectivity index (χ4v) is 4.39. The van der Waals surface area contributed by atoms with E-state index >= 15 is 0 Å². The summed E-state index contributed by atoms with van der Waals surface area (Å²) in [6.45, 7) is 5.17. The molecule has 2 aliphatic rings. The maximum Gasteiger partial charge on any atom is 0.191 e. The van der Waals surface area contributed by atoms with Gasteiger partial charge in [-0.05, 0) is 32.6 Å². The lowest BCUT2D eigenvalue weighted by molar-refractivity contribution is 0.0992. The number of nitrogens with zero attached hydrogens (tertiary/aromatic N) is 2. The molecule has 2 aliphatic heterocycles. The second-order valence-electron chi connectivity index (χ2n) is 6.07. The number of nitrogens with one attached hydrogen (secondary N) is 2. The summed E-state index contributed by atoms with van der Waals surface area (Å²) >= 11 is 1.81. The topological polar surface area (TPSA) is 58.5 Å². The molecule has 1 aromatic rings. The van der Waals surface area contributed by atoms with Crippen molar-refractivity contribution in [3.8, 4) is 0 Å². The van der Waals surface area contributed by atoms with Crippen LogP contribution in [-0.2, 0) is 17.6 Å². The molecule has 130 valence electrons. The van der Waals surface area contributed by atoms with Gasteiger partial charge in [0, 0.05) is 24.9 Å². The molecule has 0 radical (unpaired) electrons. The third-order valence-corrected chi connectivity index (χ3v) is 5.63. The Morgan fingerprint density at radius 1 is 1.43 bits per heavy atom. The second kappa shape index (κ2) is 8.62. The molecular formula is C16H27IN4OS. The largest absolute Gasteiger partial charge is 0.373 e. The Bertz CT molecular complexity index is 548. The molecule has 0 amide bonds. The van der Waals surface area contributed by atoms with Gasteiger partial charge in [0.25, 0.3) is 0 Å². The van der Waals surface area contributed by atoms with Crippen molar-refractivity contribution < 1.29 is 4.74 Å². The van der Waals surface area contributed by atoms with Crippen LogP contribution in [0.1, 0.15) is 41.8 Å². The number of aliphatic imine (C=N–C) groups is 1. The van der Waals surface area contributed by atoms with Gasteiger partial charge in [0.1, 0.15) is 0 Å². The van der Waals surface area contributed by atoms with Gasteiger partial charge in [-0.25, -0.2) is 4.98 Å². The zero-order valence-corrected chi connectivity index (χ0v) is 17.2. The second-order valence-corrected chi connectivity index (χ2v) is 7.36. The minimum atomic E-state index is 0. The third-order valence-electron chi connectivity index (χ3n) is 4.55. The van der Waals surface area contributed by atoms with E-state index in [4.69, 9.17) is 4.74 Å². The summed E-state index contributed by atoms with van der Waals surface area (Å²) in [5.74, 6) is 0.880. The monoisotopic (exact) mass is 450 g/mol. The fourth-order valence-electron chi connectivity index (χ4n) is 3.37. The van der Waals surface area contributed by atoms with Crippen molar-refractivity contribution in [3.05, 3.63) is 15.6 Å². The van der Waals surface area contributed by atoms with Gasteiger partial charge < -0.3 is 15.4 Å². The Morgan fingerprint density at radius 3 is 2.83 bits per heavy atom. The van der Waals surface area contributed by atoms with Gasteiger partial charge in [-0.2, -0.15) is 0 Å². The Labute approximate surface area is 159 Å². The molecule has 0 spiro atoms. The molecule has 0 aliphatic carbocycles. The van der Waals surface area contributed by atoms with Gasteiger partial charge in [-0.1, -0.05) is 6.92 Å². The summed E-state index contributed by atoms with van der Waals surface area (Å²) in [5.41, 5.74) is 1.24. The van der Waals surface area contributed by atoms with Crippen LogP contribution in [0.4, 0.5) is 0 Å². The Balaban J connectivity index is 0.00000192. The molecule has 1 aromatic heterocycles. The first-order valence-corrected chi connectivity index (χ1v) is 9.09. The Hall–Kier alpha value is -0.410. The van der Waals surface area contributed by atoms with E-state index in [2.05, 4.69) is 34.5 Å². The van der Waals surface area contributed by atoms with E-state index in [1.165, 1.54) is 28.4 Å². The highest BCUT2D eigenvalue weighted by atomic mass is 127. The van der Waals surface area contributed by atoms with Gasteiger partial charge in [0.05, 0.1) is 29.0 Å². The fraction of sp³-hybridized carbons (Fsp3) is 0.750. The number of guanidine groups is 1. The van der Waals surface area contributed by atoms with Gasteiger partial charge in [-0.15, -0.1) is 35.3 Å². The van der Waals surface area contributed by atoms with Crippen molar-refractivity contribution in [2.24, 2.45) is 4.99 Å². The van der Waals surface area contributed by atoms with Crippen molar-refractivity contribution in [1.29, 1.82) is 0 Å². The molecule has 7 heteroatoms. The Morgan fingerprint density at radius 2 is 2.26 bits per heavy atom. The quantitative estimate of drug-likeness (QED) is 0.412. The molecule has 2 saturated heterocycles. The van der Waals surface area contributed by atoms with E-state index < -0.39 is 0 Å². The lowest BCUT2D eigenvalue weighted by Crippen LogP contribution is -2.47. The summed E-state index contributed by atoms with van der Waals surface area (Å²) in [6.07, 6.45) is 6.30. The average molecular weight is 450 g/mol. The van der Waals surface area contributed by atoms with E-state index in [-0.39, 0.29) is 24.0 Å². The summed E-state index contributed by atoms with van der Waals surface area (Å²) in [4.78, 5) is 10.4. The molecule has 2 bridgehead atoms. The highest BCUT2D eigenvalue weighted by molar-refractivity contribution is 14.0. The number of thiazole rings is 1. The molecule has 5 nitrogen and oxygen atoms in total. The number of hydrogen-bond acceptors (Lipinski definition) is 4. The first-order chi connectivity index (χ1) is 10.7. The minimum absolute atomic E-state index is 0. The summed E-state index contributed by atoms with van der Waals surface area (Å²) in [5, 5.41) is 8.12. The van der Waals surface area contributed by atoms with E-state index in [0.717, 1.165) is 31.8 Å². The molecule has 23 heavy (non-hydrogen) atoms. The van der Waals surface area contributed by atoms with Crippen molar-refractivity contribution >= 4 is 41.3 Å². The number of rotatable bonds is 5. The third kappa shape index (κ3) is 4.57. The number of fused-ring (bicyclic) bond motifs is 2. The molecule has 0 aromatic carbocycles. The van der Waals surface area contributed by atoms with Gasteiger partial charge in [0.2, 0.25) is 0 Å². The lowest BCUT2D eigenvalue weighted by Gasteiger charge is -2.22.